The van der Waals surface area contributed by atoms with E-state index in [9.17, 15) is 0 Å². The van der Waals surface area contributed by atoms with Gasteiger partial charge in [0.2, 0.25) is 5.58 Å². The molecule has 1 aromatic carbocycles. The van der Waals surface area contributed by atoms with Gasteiger partial charge in [-0.25, -0.2) is 0 Å². The summed E-state index contributed by atoms with van der Waals surface area (Å²) in [6.45, 7) is 0.717. The lowest BCUT2D eigenvalue weighted by molar-refractivity contribution is -0.652. The van der Waals surface area contributed by atoms with Crippen LogP contribution in [0.4, 0.5) is 0 Å². The standard InChI is InChI=1S/C20H13N4O/c1-2-5-13(6-3-1)24-17-11-21-10-8-15(17)18-19(24)23-12-16-14(20(23)25-18)7-4-9-22-16/h1-11H,12H2/q+1. The monoisotopic (exact) mass is 325 g/mol. The second kappa shape index (κ2) is 4.54. The number of fused-ring (bicyclic) bond motifs is 7. The van der Waals surface area contributed by atoms with Crippen LogP contribution in [0.15, 0.2) is 71.5 Å². The van der Waals surface area contributed by atoms with Gasteiger partial charge >= 0.3 is 5.65 Å². The largest absolute Gasteiger partial charge is 0.413 e. The summed E-state index contributed by atoms with van der Waals surface area (Å²) in [5.74, 6) is 0.872. The third-order valence-electron chi connectivity index (χ3n) is 4.84. The minimum absolute atomic E-state index is 0.717. The van der Waals surface area contributed by atoms with Gasteiger partial charge in [0.05, 0.1) is 22.8 Å². The van der Waals surface area contributed by atoms with E-state index < -0.39 is 0 Å². The highest BCUT2D eigenvalue weighted by molar-refractivity contribution is 6.03. The van der Waals surface area contributed by atoms with Gasteiger partial charge in [-0.2, -0.15) is 9.13 Å². The Bertz CT molecular complexity index is 1270. The Kier molecular flexibility index (Phi) is 2.34. The van der Waals surface area contributed by atoms with Crippen LogP contribution in [0.2, 0.25) is 0 Å². The maximum Gasteiger partial charge on any atom is 0.335 e. The van der Waals surface area contributed by atoms with Crippen molar-refractivity contribution < 1.29 is 8.98 Å². The van der Waals surface area contributed by atoms with E-state index in [0.29, 0.717) is 0 Å². The number of hydrogen-bond acceptors (Lipinski definition) is 3. The van der Waals surface area contributed by atoms with Crippen LogP contribution in [0.25, 0.3) is 39.3 Å². The Labute approximate surface area is 142 Å². The molecular formula is C20H13N4O+. The molecule has 0 atom stereocenters. The fraction of sp³-hybridized carbons (Fsp3) is 0.0500. The Balaban J connectivity index is 1.79. The molecule has 4 aromatic heterocycles. The number of pyridine rings is 2. The summed E-state index contributed by atoms with van der Waals surface area (Å²) in [6, 6.07) is 16.4. The van der Waals surface area contributed by atoms with Crippen molar-refractivity contribution in [2.24, 2.45) is 0 Å². The molecule has 5 aromatic rings. The van der Waals surface area contributed by atoms with Crippen molar-refractivity contribution in [2.45, 2.75) is 6.54 Å². The lowest BCUT2D eigenvalue weighted by Crippen LogP contribution is -2.32. The Morgan fingerprint density at radius 2 is 1.92 bits per heavy atom. The molecule has 5 nitrogen and oxygen atoms in total. The fourth-order valence-corrected chi connectivity index (χ4v) is 3.78. The van der Waals surface area contributed by atoms with Gasteiger partial charge in [-0.1, -0.05) is 18.2 Å². The van der Waals surface area contributed by atoms with Crippen LogP contribution < -0.4 is 4.57 Å². The Morgan fingerprint density at radius 1 is 1.00 bits per heavy atom. The van der Waals surface area contributed by atoms with Crippen molar-refractivity contribution in [3.63, 3.8) is 0 Å². The van der Waals surface area contributed by atoms with Gasteiger partial charge in [-0.05, 0) is 30.3 Å². The average Bonchev–Trinajstić information content (AvgIpc) is 3.30. The van der Waals surface area contributed by atoms with Gasteiger partial charge in [0.15, 0.2) is 5.52 Å². The van der Waals surface area contributed by atoms with Crippen LogP contribution >= 0.6 is 0 Å². The molecule has 0 amide bonds. The van der Waals surface area contributed by atoms with E-state index in [1.54, 1.807) is 0 Å². The minimum Gasteiger partial charge on any atom is -0.413 e. The number of oxazole rings is 1. The molecule has 0 spiro atoms. The zero-order chi connectivity index (χ0) is 16.4. The first-order valence-corrected chi connectivity index (χ1v) is 8.22. The first-order valence-electron chi connectivity index (χ1n) is 8.22. The van der Waals surface area contributed by atoms with Crippen LogP contribution in [0, 0.1) is 0 Å². The highest BCUT2D eigenvalue weighted by atomic mass is 16.4. The number of para-hydroxylation sites is 1. The van der Waals surface area contributed by atoms with Gasteiger partial charge in [0, 0.05) is 12.4 Å². The first-order chi connectivity index (χ1) is 12.4. The Hall–Kier alpha value is -3.47. The number of aromatic nitrogens is 4. The molecule has 1 aliphatic heterocycles. The van der Waals surface area contributed by atoms with E-state index in [1.807, 2.05) is 48.9 Å². The molecular weight excluding hydrogens is 312 g/mol. The molecule has 0 bridgehead atoms. The van der Waals surface area contributed by atoms with E-state index in [0.717, 1.165) is 51.5 Å². The van der Waals surface area contributed by atoms with Crippen LogP contribution in [0.1, 0.15) is 5.69 Å². The molecule has 5 heteroatoms. The number of hydrogen-bond donors (Lipinski definition) is 0. The lowest BCUT2D eigenvalue weighted by Gasteiger charge is -1.99. The van der Waals surface area contributed by atoms with Crippen molar-refractivity contribution >= 4 is 22.1 Å². The lowest BCUT2D eigenvalue weighted by atomic mass is 10.2. The predicted molar refractivity (Wildman–Crippen MR) is 93.4 cm³/mol. The summed E-state index contributed by atoms with van der Waals surface area (Å²) in [5.41, 5.74) is 6.19. The van der Waals surface area contributed by atoms with Crippen LogP contribution in [-0.4, -0.2) is 14.5 Å². The normalized spacial score (nSPS) is 12.6. The SMILES string of the molecule is c1ccc(-n2c3cnccc3c3oc4[n+](c32)Cc2ncccc2-4)cc1. The van der Waals surface area contributed by atoms with Gasteiger partial charge in [0.25, 0.3) is 5.89 Å². The van der Waals surface area contributed by atoms with Crippen molar-refractivity contribution in [1.29, 1.82) is 0 Å². The van der Waals surface area contributed by atoms with Gasteiger partial charge in [0.1, 0.15) is 12.2 Å². The second-order valence-corrected chi connectivity index (χ2v) is 6.21. The zero-order valence-corrected chi connectivity index (χ0v) is 13.3. The maximum absolute atomic E-state index is 6.33. The molecule has 118 valence electrons. The van der Waals surface area contributed by atoms with E-state index >= 15 is 0 Å². The third kappa shape index (κ3) is 1.59. The molecule has 1 aliphatic rings. The van der Waals surface area contributed by atoms with Crippen molar-refractivity contribution in [2.75, 3.05) is 0 Å². The van der Waals surface area contributed by atoms with Gasteiger partial charge in [-0.15, -0.1) is 0 Å². The fourth-order valence-electron chi connectivity index (χ4n) is 3.78. The van der Waals surface area contributed by atoms with Crippen molar-refractivity contribution in [3.8, 4) is 17.1 Å². The highest BCUT2D eigenvalue weighted by Gasteiger charge is 2.36. The molecule has 0 saturated carbocycles. The molecule has 5 heterocycles. The van der Waals surface area contributed by atoms with Crippen LogP contribution in [-0.2, 0) is 6.54 Å². The number of benzene rings is 1. The summed E-state index contributed by atoms with van der Waals surface area (Å²) >= 11 is 0. The van der Waals surface area contributed by atoms with Gasteiger partial charge < -0.3 is 4.42 Å². The summed E-state index contributed by atoms with van der Waals surface area (Å²) < 4.78 is 10.8. The zero-order valence-electron chi connectivity index (χ0n) is 13.3. The summed E-state index contributed by atoms with van der Waals surface area (Å²) in [6.07, 6.45) is 5.54. The second-order valence-electron chi connectivity index (χ2n) is 6.21. The third-order valence-corrected chi connectivity index (χ3v) is 4.84. The van der Waals surface area contributed by atoms with Crippen LogP contribution in [0.3, 0.4) is 0 Å². The smallest absolute Gasteiger partial charge is 0.335 e. The summed E-state index contributed by atoms with van der Waals surface area (Å²) in [4.78, 5) is 8.83. The minimum atomic E-state index is 0.717. The van der Waals surface area contributed by atoms with E-state index in [4.69, 9.17) is 4.42 Å². The van der Waals surface area contributed by atoms with Crippen molar-refractivity contribution in [1.82, 2.24) is 14.5 Å². The maximum atomic E-state index is 6.33. The molecule has 0 aliphatic carbocycles. The first kappa shape index (κ1) is 12.9. The number of nitrogens with zero attached hydrogens (tertiary/aromatic N) is 4. The molecule has 0 fully saturated rings. The van der Waals surface area contributed by atoms with E-state index in [-0.39, 0.29) is 0 Å². The highest BCUT2D eigenvalue weighted by Crippen LogP contribution is 2.36. The Morgan fingerprint density at radius 3 is 2.84 bits per heavy atom. The summed E-state index contributed by atoms with van der Waals surface area (Å²) in [5, 5.41) is 1.07. The van der Waals surface area contributed by atoms with E-state index in [1.165, 1.54) is 0 Å². The predicted octanol–water partition coefficient (Wildman–Crippen LogP) is 3.48. The molecule has 0 saturated heterocycles. The molecule has 0 radical (unpaired) electrons. The molecule has 25 heavy (non-hydrogen) atoms. The molecule has 0 unspecified atom stereocenters. The van der Waals surface area contributed by atoms with Crippen molar-refractivity contribution in [3.05, 3.63) is 72.8 Å². The van der Waals surface area contributed by atoms with E-state index in [2.05, 4.69) is 37.3 Å². The van der Waals surface area contributed by atoms with Gasteiger partial charge in [-0.3, -0.25) is 9.97 Å². The molecule has 0 N–H and O–H groups in total. The number of rotatable bonds is 1. The quantitative estimate of drug-likeness (QED) is 0.435. The van der Waals surface area contributed by atoms with Crippen LogP contribution in [0.5, 0.6) is 0 Å². The average molecular weight is 325 g/mol. The summed E-state index contributed by atoms with van der Waals surface area (Å²) in [7, 11) is 0. The topological polar surface area (TPSA) is 47.7 Å². The molecule has 6 rings (SSSR count).